The first-order valence-electron chi connectivity index (χ1n) is 10.3. The van der Waals surface area contributed by atoms with Crippen LogP contribution in [0, 0.1) is 0 Å². The summed E-state index contributed by atoms with van der Waals surface area (Å²) in [5, 5.41) is 11.4. The molecule has 2 amide bonds. The summed E-state index contributed by atoms with van der Waals surface area (Å²) in [6.07, 6.45) is 7.38. The molecule has 4 aromatic heterocycles. The third-order valence-electron chi connectivity index (χ3n) is 5.16. The van der Waals surface area contributed by atoms with E-state index in [1.165, 1.54) is 0 Å². The van der Waals surface area contributed by atoms with E-state index < -0.39 is 0 Å². The number of urea groups is 1. The van der Waals surface area contributed by atoms with Crippen LogP contribution in [-0.4, -0.2) is 30.8 Å². The number of carbonyl (C=O) groups is 1. The zero-order valence-corrected chi connectivity index (χ0v) is 17.4. The minimum absolute atomic E-state index is 0.348. The summed E-state index contributed by atoms with van der Waals surface area (Å²) in [6, 6.07) is 16.7. The van der Waals surface area contributed by atoms with Gasteiger partial charge in [0.2, 0.25) is 0 Å². The molecule has 0 aliphatic heterocycles. The predicted octanol–water partition coefficient (Wildman–Crippen LogP) is 5.15. The fourth-order valence-electron chi connectivity index (χ4n) is 3.62. The van der Waals surface area contributed by atoms with Crippen LogP contribution >= 0.6 is 0 Å². The van der Waals surface area contributed by atoms with Gasteiger partial charge in [0.05, 0.1) is 0 Å². The number of nitrogens with zero attached hydrogens (tertiary/aromatic N) is 4. The molecule has 0 bridgehead atoms. The van der Waals surface area contributed by atoms with Crippen LogP contribution in [0.2, 0.25) is 0 Å². The van der Waals surface area contributed by atoms with Crippen molar-refractivity contribution in [1.82, 2.24) is 24.7 Å². The van der Waals surface area contributed by atoms with Crippen LogP contribution in [-0.2, 0) is 6.54 Å². The first kappa shape index (κ1) is 19.5. The van der Waals surface area contributed by atoms with Crippen LogP contribution in [0.5, 0.6) is 0 Å². The average Bonchev–Trinajstić information content (AvgIpc) is 3.47. The summed E-state index contributed by atoms with van der Waals surface area (Å²) >= 11 is 0. The van der Waals surface area contributed by atoms with Crippen LogP contribution < -0.4 is 10.6 Å². The van der Waals surface area contributed by atoms with E-state index in [9.17, 15) is 4.79 Å². The Balaban J connectivity index is 1.42. The smallest absolute Gasteiger partial charge is 0.324 e. The predicted molar refractivity (Wildman–Crippen MR) is 125 cm³/mol. The molecule has 0 atom stereocenters. The molecule has 0 unspecified atom stereocenters. The molecule has 1 aromatic carbocycles. The quantitative estimate of drug-likeness (QED) is 0.364. The fraction of sp³-hybridized carbons (Fsp3) is 0.0833. The number of anilines is 2. The van der Waals surface area contributed by atoms with Crippen molar-refractivity contribution in [1.29, 1.82) is 0 Å². The zero-order chi connectivity index (χ0) is 21.9. The lowest BCUT2D eigenvalue weighted by Crippen LogP contribution is -2.19. The van der Waals surface area contributed by atoms with Gasteiger partial charge in [-0.3, -0.25) is 10.00 Å². The number of H-pyrrole nitrogens is 1. The van der Waals surface area contributed by atoms with E-state index in [1.807, 2.05) is 53.3 Å². The van der Waals surface area contributed by atoms with Crippen molar-refractivity contribution in [3.05, 3.63) is 79.4 Å². The number of aromatic nitrogens is 5. The number of pyridine rings is 2. The van der Waals surface area contributed by atoms with E-state index in [-0.39, 0.29) is 6.03 Å². The number of nitrogens with one attached hydrogen (secondary N) is 3. The van der Waals surface area contributed by atoms with Gasteiger partial charge in [0.1, 0.15) is 17.2 Å². The highest BCUT2D eigenvalue weighted by Crippen LogP contribution is 2.35. The number of amides is 2. The third kappa shape index (κ3) is 3.81. The van der Waals surface area contributed by atoms with Gasteiger partial charge in [-0.1, -0.05) is 18.2 Å². The third-order valence-corrected chi connectivity index (χ3v) is 5.16. The van der Waals surface area contributed by atoms with Gasteiger partial charge in [0.15, 0.2) is 0 Å². The van der Waals surface area contributed by atoms with E-state index in [4.69, 9.17) is 5.10 Å². The SMILES string of the molecule is CCn1cc(-c2ccnc3[nH]ccc23)c(-c2ccc(NC(=O)Nc3ccccn3)cc2)n1. The van der Waals surface area contributed by atoms with E-state index in [1.54, 1.807) is 24.5 Å². The normalized spacial score (nSPS) is 10.9. The molecule has 158 valence electrons. The lowest BCUT2D eigenvalue weighted by atomic mass is 10.0. The highest BCUT2D eigenvalue weighted by Gasteiger charge is 2.16. The highest BCUT2D eigenvalue weighted by molar-refractivity contribution is 6.00. The molecule has 4 heterocycles. The van der Waals surface area contributed by atoms with E-state index in [2.05, 4.69) is 38.7 Å². The number of fused-ring (bicyclic) bond motifs is 1. The Morgan fingerprint density at radius 1 is 0.969 bits per heavy atom. The molecule has 0 fully saturated rings. The average molecular weight is 423 g/mol. The Bertz CT molecular complexity index is 1370. The Labute approximate surface area is 184 Å². The fourth-order valence-corrected chi connectivity index (χ4v) is 3.62. The minimum Gasteiger partial charge on any atom is -0.346 e. The molecular weight excluding hydrogens is 402 g/mol. The monoisotopic (exact) mass is 423 g/mol. The standard InChI is InChI=1S/C24H21N7O/c1-2-31-15-20(18-10-13-26-23-19(18)11-14-27-23)22(30-31)16-6-8-17(9-7-16)28-24(32)29-21-5-3-4-12-25-21/h3-15H,2H2,1H3,(H,26,27)(H2,25,28,29,32). The van der Waals surface area contributed by atoms with Gasteiger partial charge in [0.25, 0.3) is 0 Å². The highest BCUT2D eigenvalue weighted by atomic mass is 16.2. The van der Waals surface area contributed by atoms with Gasteiger partial charge in [-0.15, -0.1) is 0 Å². The van der Waals surface area contributed by atoms with Gasteiger partial charge in [0, 0.05) is 53.5 Å². The molecule has 0 saturated heterocycles. The number of carbonyl (C=O) groups excluding carboxylic acids is 1. The van der Waals surface area contributed by atoms with Gasteiger partial charge < -0.3 is 10.3 Å². The maximum Gasteiger partial charge on any atom is 0.324 e. The molecule has 8 nitrogen and oxygen atoms in total. The second-order valence-electron chi connectivity index (χ2n) is 7.22. The van der Waals surface area contributed by atoms with Crippen molar-refractivity contribution in [2.24, 2.45) is 0 Å². The summed E-state index contributed by atoms with van der Waals surface area (Å²) < 4.78 is 1.93. The van der Waals surface area contributed by atoms with E-state index in [0.717, 1.165) is 40.0 Å². The van der Waals surface area contributed by atoms with Crippen LogP contribution in [0.25, 0.3) is 33.4 Å². The summed E-state index contributed by atoms with van der Waals surface area (Å²) in [4.78, 5) is 23.9. The number of hydrogen-bond acceptors (Lipinski definition) is 4. The molecule has 3 N–H and O–H groups in total. The maximum atomic E-state index is 12.2. The molecule has 8 heteroatoms. The number of benzene rings is 1. The van der Waals surface area contributed by atoms with Crippen molar-refractivity contribution in [2.75, 3.05) is 10.6 Å². The second kappa shape index (κ2) is 8.35. The summed E-state index contributed by atoms with van der Waals surface area (Å²) in [5.41, 5.74) is 5.47. The second-order valence-corrected chi connectivity index (χ2v) is 7.22. The topological polar surface area (TPSA) is 101 Å². The molecule has 5 rings (SSSR count). The Kier molecular flexibility index (Phi) is 5.09. The lowest BCUT2D eigenvalue weighted by Gasteiger charge is -2.08. The zero-order valence-electron chi connectivity index (χ0n) is 17.4. The molecule has 0 aliphatic carbocycles. The van der Waals surface area contributed by atoms with Gasteiger partial charge in [-0.25, -0.2) is 14.8 Å². The summed E-state index contributed by atoms with van der Waals surface area (Å²) in [7, 11) is 0. The van der Waals surface area contributed by atoms with Crippen molar-refractivity contribution in [2.45, 2.75) is 13.5 Å². The van der Waals surface area contributed by atoms with Gasteiger partial charge >= 0.3 is 6.03 Å². The first-order chi connectivity index (χ1) is 15.7. The Morgan fingerprint density at radius 3 is 2.62 bits per heavy atom. The van der Waals surface area contributed by atoms with Crippen LogP contribution in [0.1, 0.15) is 6.92 Å². The van der Waals surface area contributed by atoms with Crippen LogP contribution in [0.4, 0.5) is 16.3 Å². The van der Waals surface area contributed by atoms with Gasteiger partial charge in [-0.2, -0.15) is 5.10 Å². The van der Waals surface area contributed by atoms with Crippen molar-refractivity contribution < 1.29 is 4.79 Å². The van der Waals surface area contributed by atoms with Crippen LogP contribution in [0.3, 0.4) is 0 Å². The molecular formula is C24H21N7O. The minimum atomic E-state index is -0.348. The summed E-state index contributed by atoms with van der Waals surface area (Å²) in [6.45, 7) is 2.83. The van der Waals surface area contributed by atoms with E-state index >= 15 is 0 Å². The van der Waals surface area contributed by atoms with Crippen molar-refractivity contribution in [3.63, 3.8) is 0 Å². The van der Waals surface area contributed by atoms with Crippen molar-refractivity contribution in [3.8, 4) is 22.4 Å². The largest absolute Gasteiger partial charge is 0.346 e. The maximum absolute atomic E-state index is 12.2. The van der Waals surface area contributed by atoms with Gasteiger partial charge in [-0.05, 0) is 48.9 Å². The lowest BCUT2D eigenvalue weighted by molar-refractivity contribution is 0.262. The Morgan fingerprint density at radius 2 is 1.84 bits per heavy atom. The molecule has 0 aliphatic rings. The van der Waals surface area contributed by atoms with Crippen molar-refractivity contribution >= 4 is 28.6 Å². The molecule has 0 spiro atoms. The number of aromatic amines is 1. The Hall–Kier alpha value is -4.46. The molecule has 5 aromatic rings. The molecule has 32 heavy (non-hydrogen) atoms. The summed E-state index contributed by atoms with van der Waals surface area (Å²) in [5.74, 6) is 0.491. The molecule has 0 radical (unpaired) electrons. The number of hydrogen-bond donors (Lipinski definition) is 3. The number of aryl methyl sites for hydroxylation is 1. The number of rotatable bonds is 5. The first-order valence-corrected chi connectivity index (χ1v) is 10.3. The van der Waals surface area contributed by atoms with E-state index in [0.29, 0.717) is 11.5 Å². The van der Waals surface area contributed by atoms with Crippen LogP contribution in [0.15, 0.2) is 79.4 Å². The molecule has 0 saturated carbocycles.